The van der Waals surface area contributed by atoms with Crippen molar-refractivity contribution in [2.24, 2.45) is 0 Å². The van der Waals surface area contributed by atoms with Gasteiger partial charge in [-0.15, -0.1) is 0 Å². The lowest BCUT2D eigenvalue weighted by Gasteiger charge is -2.33. The van der Waals surface area contributed by atoms with Gasteiger partial charge in [0.2, 0.25) is 21.8 Å². The molecule has 35 heavy (non-hydrogen) atoms. The van der Waals surface area contributed by atoms with Crippen molar-refractivity contribution >= 4 is 50.7 Å². The summed E-state index contributed by atoms with van der Waals surface area (Å²) in [6.45, 7) is 7.28. The Balaban J connectivity index is 2.46. The second-order valence-corrected chi connectivity index (χ2v) is 11.4. The number of nitrogens with one attached hydrogen (secondary N) is 1. The normalized spacial score (nSPS) is 13.1. The molecule has 2 aromatic rings. The van der Waals surface area contributed by atoms with Crippen LogP contribution >= 0.6 is 23.2 Å². The van der Waals surface area contributed by atoms with Crippen molar-refractivity contribution in [2.75, 3.05) is 17.1 Å². The average molecular weight is 543 g/mol. The van der Waals surface area contributed by atoms with Gasteiger partial charge in [0.25, 0.3) is 0 Å². The summed E-state index contributed by atoms with van der Waals surface area (Å²) in [4.78, 5) is 28.2. The number of rotatable bonds is 11. The van der Waals surface area contributed by atoms with Gasteiger partial charge in [0.1, 0.15) is 12.6 Å². The molecule has 1 N–H and O–H groups in total. The van der Waals surface area contributed by atoms with Gasteiger partial charge in [0.15, 0.2) is 0 Å². The molecular formula is C25H33Cl2N3O4S. The maximum absolute atomic E-state index is 13.6. The zero-order valence-corrected chi connectivity index (χ0v) is 23.0. The van der Waals surface area contributed by atoms with E-state index in [1.165, 1.54) is 23.1 Å². The van der Waals surface area contributed by atoms with Crippen LogP contribution in [0.15, 0.2) is 42.5 Å². The maximum atomic E-state index is 13.6. The molecule has 0 aliphatic rings. The summed E-state index contributed by atoms with van der Waals surface area (Å²) in [6.07, 6.45) is 2.11. The number of amides is 2. The quantitative estimate of drug-likeness (QED) is 0.443. The van der Waals surface area contributed by atoms with Crippen molar-refractivity contribution in [1.29, 1.82) is 0 Å². The number of carbonyl (C=O) groups excluding carboxylic acids is 2. The molecule has 2 atom stereocenters. The largest absolute Gasteiger partial charge is 0.352 e. The molecule has 0 aliphatic heterocycles. The second-order valence-electron chi connectivity index (χ2n) is 8.65. The number of carbonyl (C=O) groups is 2. The molecule has 0 saturated carbocycles. The van der Waals surface area contributed by atoms with Crippen LogP contribution in [0.4, 0.5) is 5.69 Å². The Morgan fingerprint density at radius 3 is 2.06 bits per heavy atom. The molecule has 0 heterocycles. The van der Waals surface area contributed by atoms with E-state index < -0.39 is 28.5 Å². The lowest BCUT2D eigenvalue weighted by molar-refractivity contribution is -0.140. The Hall–Kier alpha value is -2.29. The summed E-state index contributed by atoms with van der Waals surface area (Å²) in [5.41, 5.74) is 2.07. The highest BCUT2D eigenvalue weighted by atomic mass is 35.5. The van der Waals surface area contributed by atoms with Crippen LogP contribution < -0.4 is 9.62 Å². The van der Waals surface area contributed by atoms with Gasteiger partial charge in [-0.1, -0.05) is 66.9 Å². The summed E-state index contributed by atoms with van der Waals surface area (Å²) >= 11 is 12.2. The number of sulfonamides is 1. The average Bonchev–Trinajstić information content (AvgIpc) is 2.76. The third-order valence-corrected chi connectivity index (χ3v) is 7.25. The summed E-state index contributed by atoms with van der Waals surface area (Å²) < 4.78 is 26.3. The van der Waals surface area contributed by atoms with Crippen LogP contribution in [-0.4, -0.2) is 50.0 Å². The molecule has 0 aromatic heterocycles. The van der Waals surface area contributed by atoms with Gasteiger partial charge in [-0.25, -0.2) is 8.42 Å². The molecule has 0 radical (unpaired) electrons. The number of hydrogen-bond acceptors (Lipinski definition) is 4. The second kappa shape index (κ2) is 12.6. The van der Waals surface area contributed by atoms with Crippen molar-refractivity contribution in [3.63, 3.8) is 0 Å². The number of nitrogens with zero attached hydrogens (tertiary/aromatic N) is 2. The van der Waals surface area contributed by atoms with Gasteiger partial charge < -0.3 is 10.2 Å². The molecule has 0 bridgehead atoms. The van der Waals surface area contributed by atoms with Crippen LogP contribution in [-0.2, 0) is 26.2 Å². The van der Waals surface area contributed by atoms with Crippen LogP contribution in [0.3, 0.4) is 0 Å². The van der Waals surface area contributed by atoms with Crippen molar-refractivity contribution < 1.29 is 18.0 Å². The van der Waals surface area contributed by atoms with Crippen LogP contribution in [0.5, 0.6) is 0 Å². The van der Waals surface area contributed by atoms with E-state index >= 15 is 0 Å². The highest BCUT2D eigenvalue weighted by molar-refractivity contribution is 7.92. The third kappa shape index (κ3) is 8.40. The van der Waals surface area contributed by atoms with Gasteiger partial charge in [0.05, 0.1) is 11.9 Å². The molecule has 0 spiro atoms. The Labute approximate surface area is 218 Å². The smallest absolute Gasteiger partial charge is 0.244 e. The van der Waals surface area contributed by atoms with Gasteiger partial charge in [-0.3, -0.25) is 13.9 Å². The molecule has 10 heteroatoms. The number of anilines is 1. The van der Waals surface area contributed by atoms with E-state index in [-0.39, 0.29) is 34.2 Å². The zero-order valence-electron chi connectivity index (χ0n) is 20.7. The zero-order chi connectivity index (χ0) is 26.3. The maximum Gasteiger partial charge on any atom is 0.244 e. The minimum Gasteiger partial charge on any atom is -0.352 e. The van der Waals surface area contributed by atoms with Crippen molar-refractivity contribution in [3.8, 4) is 0 Å². The highest BCUT2D eigenvalue weighted by Gasteiger charge is 2.32. The highest BCUT2D eigenvalue weighted by Crippen LogP contribution is 2.27. The first-order valence-electron chi connectivity index (χ1n) is 11.4. The van der Waals surface area contributed by atoms with E-state index in [0.29, 0.717) is 6.42 Å². The summed E-state index contributed by atoms with van der Waals surface area (Å²) in [7, 11) is -3.87. The third-order valence-electron chi connectivity index (χ3n) is 5.67. The summed E-state index contributed by atoms with van der Waals surface area (Å²) in [5, 5.41) is 3.42. The lowest BCUT2D eigenvalue weighted by Crippen LogP contribution is -2.53. The SMILES string of the molecule is CC[C@H](C(=O)N[C@@H](C)CC)N(Cc1ccc(C)cc1)C(=O)CN(c1cc(Cl)cc(Cl)c1)S(C)(=O)=O. The van der Waals surface area contributed by atoms with E-state index in [1.54, 1.807) is 0 Å². The number of aryl methyl sites for hydroxylation is 1. The van der Waals surface area contributed by atoms with Crippen LogP contribution in [0.2, 0.25) is 10.0 Å². The Kier molecular flexibility index (Phi) is 10.4. The fourth-order valence-electron chi connectivity index (χ4n) is 3.55. The first kappa shape index (κ1) is 28.9. The predicted octanol–water partition coefficient (Wildman–Crippen LogP) is 4.79. The van der Waals surface area contributed by atoms with E-state index in [2.05, 4.69) is 5.32 Å². The van der Waals surface area contributed by atoms with Crippen molar-refractivity contribution in [3.05, 3.63) is 63.6 Å². The van der Waals surface area contributed by atoms with E-state index in [4.69, 9.17) is 23.2 Å². The Morgan fingerprint density at radius 2 is 1.57 bits per heavy atom. The number of benzene rings is 2. The topological polar surface area (TPSA) is 86.8 Å². The van der Waals surface area contributed by atoms with E-state index in [9.17, 15) is 18.0 Å². The lowest BCUT2D eigenvalue weighted by atomic mass is 10.1. The minimum absolute atomic E-state index is 0.0611. The van der Waals surface area contributed by atoms with E-state index in [1.807, 2.05) is 52.0 Å². The number of halogens is 2. The number of hydrogen-bond donors (Lipinski definition) is 1. The van der Waals surface area contributed by atoms with Crippen LogP contribution in [0.1, 0.15) is 44.7 Å². The summed E-state index contributed by atoms with van der Waals surface area (Å²) in [5.74, 6) is -0.794. The van der Waals surface area contributed by atoms with Crippen LogP contribution in [0, 0.1) is 6.92 Å². The Morgan fingerprint density at radius 1 is 1.00 bits per heavy atom. The molecule has 0 aliphatic carbocycles. The first-order chi connectivity index (χ1) is 16.3. The summed E-state index contributed by atoms with van der Waals surface area (Å²) in [6, 6.07) is 11.1. The van der Waals surface area contributed by atoms with Gasteiger partial charge in [-0.2, -0.15) is 0 Å². The standard InChI is InChI=1S/C25H33Cl2N3O4S/c1-6-18(4)28-25(32)23(7-2)29(15-19-10-8-17(3)9-11-19)24(31)16-30(35(5,33)34)22-13-20(26)12-21(27)14-22/h8-14,18,23H,6-7,15-16H2,1-5H3,(H,28,32)/t18-,23+/m0/s1. The monoisotopic (exact) mass is 541 g/mol. The molecule has 2 rings (SSSR count). The molecular weight excluding hydrogens is 509 g/mol. The first-order valence-corrected chi connectivity index (χ1v) is 14.0. The fraction of sp³-hybridized carbons (Fsp3) is 0.440. The van der Waals surface area contributed by atoms with Crippen LogP contribution in [0.25, 0.3) is 0 Å². The molecule has 0 unspecified atom stereocenters. The van der Waals surface area contributed by atoms with Crippen molar-refractivity contribution in [2.45, 2.75) is 59.2 Å². The molecule has 2 amide bonds. The van der Waals surface area contributed by atoms with Crippen molar-refractivity contribution in [1.82, 2.24) is 10.2 Å². The molecule has 0 fully saturated rings. The van der Waals surface area contributed by atoms with Gasteiger partial charge in [0, 0.05) is 22.6 Å². The molecule has 192 valence electrons. The molecule has 7 nitrogen and oxygen atoms in total. The predicted molar refractivity (Wildman–Crippen MR) is 142 cm³/mol. The Bertz CT molecular complexity index is 1120. The van der Waals surface area contributed by atoms with E-state index in [0.717, 1.165) is 28.1 Å². The van der Waals surface area contributed by atoms with Gasteiger partial charge in [-0.05, 0) is 50.5 Å². The minimum atomic E-state index is -3.87. The fourth-order valence-corrected chi connectivity index (χ4v) is 4.90. The molecule has 0 saturated heterocycles. The van der Waals surface area contributed by atoms with Gasteiger partial charge >= 0.3 is 0 Å². The molecule has 2 aromatic carbocycles.